The molecular weight excluding hydrogens is 462 g/mol. The first-order valence-corrected chi connectivity index (χ1v) is 11.7. The minimum absolute atomic E-state index is 0.0195. The van der Waals surface area contributed by atoms with Crippen LogP contribution < -0.4 is 10.0 Å². The summed E-state index contributed by atoms with van der Waals surface area (Å²) in [6, 6.07) is 3.98. The first kappa shape index (κ1) is 25.0. The van der Waals surface area contributed by atoms with E-state index in [1.165, 1.54) is 31.3 Å². The summed E-state index contributed by atoms with van der Waals surface area (Å²) in [4.78, 5) is 12.9. The third-order valence-electron chi connectivity index (χ3n) is 5.37. The van der Waals surface area contributed by atoms with Crippen LogP contribution in [0.3, 0.4) is 0 Å². The zero-order chi connectivity index (χ0) is 24.2. The molecule has 2 aromatic rings. The number of nitrogens with zero attached hydrogens (tertiary/aromatic N) is 4. The van der Waals surface area contributed by atoms with Crippen LogP contribution in [0.5, 0.6) is 0 Å². The van der Waals surface area contributed by atoms with E-state index in [-0.39, 0.29) is 41.0 Å². The maximum absolute atomic E-state index is 12.9. The Kier molecular flexibility index (Phi) is 7.94. The smallest absolute Gasteiger partial charge is 0.296 e. The maximum Gasteiger partial charge on any atom is 0.296 e. The van der Waals surface area contributed by atoms with Gasteiger partial charge in [0.25, 0.3) is 12.1 Å². The second-order valence-electron chi connectivity index (χ2n) is 7.68. The van der Waals surface area contributed by atoms with Crippen molar-refractivity contribution in [2.45, 2.75) is 37.4 Å². The fourth-order valence-corrected chi connectivity index (χ4v) is 4.83. The lowest BCUT2D eigenvalue weighted by molar-refractivity contribution is -0.384. The molecule has 182 valence electrons. The summed E-state index contributed by atoms with van der Waals surface area (Å²) >= 11 is 0. The Bertz CT molecular complexity index is 1090. The number of anilines is 1. The van der Waals surface area contributed by atoms with Crippen molar-refractivity contribution in [1.29, 1.82) is 0 Å². The Morgan fingerprint density at radius 2 is 2.12 bits per heavy atom. The summed E-state index contributed by atoms with van der Waals surface area (Å²) in [6.07, 6.45) is -1.16. The highest BCUT2D eigenvalue weighted by atomic mass is 32.2. The normalized spacial score (nSPS) is 17.4. The van der Waals surface area contributed by atoms with Gasteiger partial charge >= 0.3 is 0 Å². The summed E-state index contributed by atoms with van der Waals surface area (Å²) in [7, 11) is -2.14. The van der Waals surface area contributed by atoms with Gasteiger partial charge in [-0.15, -0.1) is 0 Å². The largest absolute Gasteiger partial charge is 0.378 e. The molecule has 1 saturated heterocycles. The number of benzene rings is 1. The second-order valence-corrected chi connectivity index (χ2v) is 9.41. The van der Waals surface area contributed by atoms with Crippen LogP contribution in [0.25, 0.3) is 0 Å². The highest BCUT2D eigenvalue weighted by Crippen LogP contribution is 2.33. The van der Waals surface area contributed by atoms with Gasteiger partial charge in [-0.05, 0) is 32.2 Å². The molecule has 0 aliphatic carbocycles. The highest BCUT2D eigenvalue weighted by molar-refractivity contribution is 7.89. The minimum atomic E-state index is -4.01. The second kappa shape index (κ2) is 10.5. The van der Waals surface area contributed by atoms with Gasteiger partial charge in [-0.2, -0.15) is 5.10 Å². The number of halogens is 2. The number of alkyl halides is 2. The van der Waals surface area contributed by atoms with Crippen molar-refractivity contribution >= 4 is 21.4 Å². The summed E-state index contributed by atoms with van der Waals surface area (Å²) in [6.45, 7) is 2.59. The van der Waals surface area contributed by atoms with Crippen LogP contribution >= 0.6 is 0 Å². The van der Waals surface area contributed by atoms with Gasteiger partial charge in [-0.25, -0.2) is 21.9 Å². The van der Waals surface area contributed by atoms with Crippen LogP contribution in [0.1, 0.15) is 11.3 Å². The Balaban J connectivity index is 1.76. The molecule has 1 fully saturated rings. The number of nitrogens with one attached hydrogen (secondary N) is 2. The van der Waals surface area contributed by atoms with Crippen molar-refractivity contribution in [2.75, 3.05) is 38.7 Å². The van der Waals surface area contributed by atoms with E-state index in [9.17, 15) is 27.3 Å². The first-order chi connectivity index (χ1) is 15.6. The van der Waals surface area contributed by atoms with E-state index in [0.29, 0.717) is 25.5 Å². The Labute approximate surface area is 189 Å². The summed E-state index contributed by atoms with van der Waals surface area (Å²) in [5.74, 6) is 0. The number of nitro groups is 1. The molecule has 14 heteroatoms. The van der Waals surface area contributed by atoms with Crippen molar-refractivity contribution < 1.29 is 26.9 Å². The van der Waals surface area contributed by atoms with Crippen LogP contribution in [0, 0.1) is 17.0 Å². The predicted molar refractivity (Wildman–Crippen MR) is 116 cm³/mol. The molecule has 0 bridgehead atoms. The van der Waals surface area contributed by atoms with Crippen molar-refractivity contribution in [3.8, 4) is 0 Å². The lowest BCUT2D eigenvalue weighted by Crippen LogP contribution is -2.49. The Morgan fingerprint density at radius 3 is 2.79 bits per heavy atom. The average Bonchev–Trinajstić information content (AvgIpc) is 3.17. The molecule has 2 heterocycles. The third kappa shape index (κ3) is 6.22. The molecule has 33 heavy (non-hydrogen) atoms. The Hall–Kier alpha value is -2.68. The molecule has 0 radical (unpaired) electrons. The first-order valence-electron chi connectivity index (χ1n) is 10.2. The highest BCUT2D eigenvalue weighted by Gasteiger charge is 2.28. The van der Waals surface area contributed by atoms with Crippen LogP contribution in [0.15, 0.2) is 29.3 Å². The number of morpholine rings is 1. The molecule has 1 atom stereocenters. The van der Waals surface area contributed by atoms with E-state index in [0.717, 1.165) is 4.68 Å². The van der Waals surface area contributed by atoms with Gasteiger partial charge in [0.2, 0.25) is 10.0 Å². The topological polar surface area (TPSA) is 132 Å². The third-order valence-corrected chi connectivity index (χ3v) is 6.93. The van der Waals surface area contributed by atoms with Gasteiger partial charge in [0, 0.05) is 30.9 Å². The number of likely N-dealkylation sites (N-methyl/N-ethyl adjacent to an activating group) is 1. The van der Waals surface area contributed by atoms with Gasteiger partial charge in [0.15, 0.2) is 0 Å². The van der Waals surface area contributed by atoms with Gasteiger partial charge in [0.05, 0.1) is 35.3 Å². The van der Waals surface area contributed by atoms with Gasteiger partial charge in [0.1, 0.15) is 12.2 Å². The van der Waals surface area contributed by atoms with Gasteiger partial charge < -0.3 is 10.1 Å². The quantitative estimate of drug-likeness (QED) is 0.381. The summed E-state index contributed by atoms with van der Waals surface area (Å²) in [5, 5.41) is 18.6. The van der Waals surface area contributed by atoms with Crippen molar-refractivity contribution in [3.63, 3.8) is 0 Å². The number of sulfonamides is 1. The molecule has 1 aliphatic rings. The van der Waals surface area contributed by atoms with Crippen LogP contribution in [-0.2, 0) is 27.8 Å². The fraction of sp³-hybridized carbons (Fsp3) is 0.526. The molecule has 1 aromatic heterocycles. The zero-order valence-corrected chi connectivity index (χ0v) is 19.0. The molecule has 0 saturated carbocycles. The van der Waals surface area contributed by atoms with E-state index in [2.05, 4.69) is 15.1 Å². The van der Waals surface area contributed by atoms with E-state index in [1.54, 1.807) is 0 Å². The van der Waals surface area contributed by atoms with Gasteiger partial charge in [-0.3, -0.25) is 19.7 Å². The zero-order valence-electron chi connectivity index (χ0n) is 18.2. The van der Waals surface area contributed by atoms with Crippen molar-refractivity contribution in [2.24, 2.45) is 0 Å². The molecule has 11 nitrogen and oxygen atoms in total. The monoisotopic (exact) mass is 488 g/mol. The fourth-order valence-electron chi connectivity index (χ4n) is 3.51. The number of nitro benzene ring substituents is 1. The average molecular weight is 489 g/mol. The number of hydrogen-bond acceptors (Lipinski definition) is 8. The lowest BCUT2D eigenvalue weighted by Gasteiger charge is -2.32. The lowest BCUT2D eigenvalue weighted by atomic mass is 10.1. The van der Waals surface area contributed by atoms with E-state index >= 15 is 0 Å². The molecule has 0 spiro atoms. The van der Waals surface area contributed by atoms with Gasteiger partial charge in [-0.1, -0.05) is 0 Å². The predicted octanol–water partition coefficient (Wildman–Crippen LogP) is 1.59. The van der Waals surface area contributed by atoms with Crippen molar-refractivity contribution in [1.82, 2.24) is 19.4 Å². The summed E-state index contributed by atoms with van der Waals surface area (Å²) < 4.78 is 59.6. The molecule has 2 N–H and O–H groups in total. The molecule has 0 amide bonds. The van der Waals surface area contributed by atoms with Crippen molar-refractivity contribution in [3.05, 3.63) is 45.8 Å². The molecule has 3 rings (SSSR count). The number of rotatable bonds is 10. The molecular formula is C19H26F2N6O5S. The number of ether oxygens (including phenoxy) is 1. The maximum atomic E-state index is 12.9. The van der Waals surface area contributed by atoms with E-state index < -0.39 is 27.9 Å². The SMILES string of the molecule is Cc1c(S(=O)(=O)NCC2COCCN2C)ccc(NCc2ccn(CC(F)F)n2)c1[N+](=O)[O-]. The number of aromatic nitrogens is 2. The summed E-state index contributed by atoms with van der Waals surface area (Å²) in [5.41, 5.74) is 0.0945. The van der Waals surface area contributed by atoms with E-state index in [4.69, 9.17) is 4.74 Å². The van der Waals surface area contributed by atoms with Crippen LogP contribution in [-0.4, -0.2) is 73.8 Å². The Morgan fingerprint density at radius 1 is 1.36 bits per heavy atom. The molecule has 1 aromatic carbocycles. The van der Waals surface area contributed by atoms with E-state index in [1.807, 2.05) is 11.9 Å². The molecule has 1 unspecified atom stereocenters. The standard InChI is InChI=1S/C19H26F2N6O5S/c1-13-17(33(30,31)23-10-15-12-32-8-7-25(15)2)4-3-16(19(13)27(28)29)22-9-14-5-6-26(24-14)11-18(20)21/h3-6,15,18,22-23H,7-12H2,1-2H3. The van der Waals surface area contributed by atoms with Crippen LogP contribution in [0.2, 0.25) is 0 Å². The molecule has 1 aliphatic heterocycles. The van der Waals surface area contributed by atoms with Crippen LogP contribution in [0.4, 0.5) is 20.2 Å². The minimum Gasteiger partial charge on any atom is -0.378 e. The number of hydrogen-bond donors (Lipinski definition) is 2.